The van der Waals surface area contributed by atoms with Gasteiger partial charge in [-0.1, -0.05) is 12.1 Å². The fourth-order valence-corrected chi connectivity index (χ4v) is 3.06. The molecule has 2 aromatic carbocycles. The third-order valence-corrected chi connectivity index (χ3v) is 4.53. The minimum Gasteiger partial charge on any atom is -0.469 e. The number of rotatable bonds is 6. The first-order valence-electron chi connectivity index (χ1n) is 8.90. The highest BCUT2D eigenvalue weighted by Crippen LogP contribution is 2.29. The van der Waals surface area contributed by atoms with Crippen LogP contribution in [0.25, 0.3) is 0 Å². The Kier molecular flexibility index (Phi) is 5.96. The standard InChI is InChI=1S/C20H18FN3O5/c1-29-18(25)8-4-7-17-20(26)23-16-10-9-12(24(27)28)11-14(16)19(22-17)13-5-2-3-6-15(13)21/h2-3,5-6,9-11,17H,4,7-8H2,1H3,(H,23,26)/t17-/m0/s1. The van der Waals surface area contributed by atoms with Crippen LogP contribution >= 0.6 is 0 Å². The molecule has 29 heavy (non-hydrogen) atoms. The van der Waals surface area contributed by atoms with Crippen LogP contribution in [0.5, 0.6) is 0 Å². The number of carbonyl (C=O) groups excluding carboxylic acids is 2. The predicted octanol–water partition coefficient (Wildman–Crippen LogP) is 3.24. The molecule has 1 heterocycles. The van der Waals surface area contributed by atoms with Crippen LogP contribution in [0, 0.1) is 15.9 Å². The number of aliphatic imine (C=N–C) groups is 1. The molecular weight excluding hydrogens is 381 g/mol. The van der Waals surface area contributed by atoms with Crippen molar-refractivity contribution >= 4 is 29.0 Å². The molecule has 150 valence electrons. The van der Waals surface area contributed by atoms with Gasteiger partial charge in [0.15, 0.2) is 0 Å². The first kappa shape index (κ1) is 20.1. The Labute approximate surface area is 165 Å². The van der Waals surface area contributed by atoms with E-state index in [1.165, 1.54) is 43.5 Å². The summed E-state index contributed by atoms with van der Waals surface area (Å²) in [4.78, 5) is 39.1. The van der Waals surface area contributed by atoms with Gasteiger partial charge in [0.2, 0.25) is 5.91 Å². The van der Waals surface area contributed by atoms with Crippen LogP contribution in [-0.2, 0) is 14.3 Å². The molecule has 0 spiro atoms. The Morgan fingerprint density at radius 2 is 2.03 bits per heavy atom. The monoisotopic (exact) mass is 399 g/mol. The molecule has 0 fully saturated rings. The van der Waals surface area contributed by atoms with Gasteiger partial charge in [-0.05, 0) is 31.0 Å². The number of nitrogens with one attached hydrogen (secondary N) is 1. The molecule has 0 saturated heterocycles. The quantitative estimate of drug-likeness (QED) is 0.455. The summed E-state index contributed by atoms with van der Waals surface area (Å²) >= 11 is 0. The van der Waals surface area contributed by atoms with Crippen molar-refractivity contribution < 1.29 is 23.6 Å². The molecular formula is C20H18FN3O5. The molecule has 0 bridgehead atoms. The van der Waals surface area contributed by atoms with E-state index in [4.69, 9.17) is 0 Å². The van der Waals surface area contributed by atoms with E-state index in [1.807, 2.05) is 0 Å². The fraction of sp³-hybridized carbons (Fsp3) is 0.250. The van der Waals surface area contributed by atoms with Crippen molar-refractivity contribution in [2.75, 3.05) is 12.4 Å². The molecule has 3 rings (SSSR count). The van der Waals surface area contributed by atoms with E-state index in [0.29, 0.717) is 12.1 Å². The number of fused-ring (bicyclic) bond motifs is 1. The number of carbonyl (C=O) groups is 2. The van der Waals surface area contributed by atoms with Crippen molar-refractivity contribution in [2.24, 2.45) is 4.99 Å². The van der Waals surface area contributed by atoms with Crippen LogP contribution in [-0.4, -0.2) is 35.7 Å². The number of halogens is 1. The van der Waals surface area contributed by atoms with Gasteiger partial charge >= 0.3 is 5.97 Å². The highest BCUT2D eigenvalue weighted by atomic mass is 19.1. The summed E-state index contributed by atoms with van der Waals surface area (Å²) in [6.07, 6.45) is 0.688. The fourth-order valence-electron chi connectivity index (χ4n) is 3.06. The maximum absolute atomic E-state index is 14.5. The highest BCUT2D eigenvalue weighted by molar-refractivity contribution is 6.20. The van der Waals surface area contributed by atoms with Crippen LogP contribution < -0.4 is 5.32 Å². The van der Waals surface area contributed by atoms with Gasteiger partial charge in [-0.2, -0.15) is 0 Å². The number of methoxy groups -OCH3 is 1. The lowest BCUT2D eigenvalue weighted by Gasteiger charge is -2.11. The summed E-state index contributed by atoms with van der Waals surface area (Å²) in [7, 11) is 1.28. The number of amides is 1. The SMILES string of the molecule is COC(=O)CCC[C@@H]1N=C(c2ccccc2F)c2cc([N+](=O)[O-])ccc2NC1=O. The average Bonchev–Trinajstić information content (AvgIpc) is 2.84. The van der Waals surface area contributed by atoms with Gasteiger partial charge < -0.3 is 10.1 Å². The van der Waals surface area contributed by atoms with Gasteiger partial charge in [-0.15, -0.1) is 0 Å². The van der Waals surface area contributed by atoms with Crippen LogP contribution in [0.15, 0.2) is 47.5 Å². The number of anilines is 1. The van der Waals surface area contributed by atoms with Gasteiger partial charge in [0.25, 0.3) is 5.69 Å². The van der Waals surface area contributed by atoms with Crippen molar-refractivity contribution in [1.82, 2.24) is 0 Å². The normalized spacial score (nSPS) is 15.6. The maximum Gasteiger partial charge on any atom is 0.305 e. The molecule has 0 radical (unpaired) electrons. The Bertz CT molecular complexity index is 1010. The highest BCUT2D eigenvalue weighted by Gasteiger charge is 2.28. The Morgan fingerprint density at radius 1 is 1.28 bits per heavy atom. The van der Waals surface area contributed by atoms with Crippen LogP contribution in [0.2, 0.25) is 0 Å². The molecule has 1 atom stereocenters. The summed E-state index contributed by atoms with van der Waals surface area (Å²) in [6, 6.07) is 8.91. The number of nitro groups is 1. The van der Waals surface area contributed by atoms with Crippen molar-refractivity contribution in [3.63, 3.8) is 0 Å². The molecule has 0 saturated carbocycles. The molecule has 1 N–H and O–H groups in total. The van der Waals surface area contributed by atoms with Crippen molar-refractivity contribution in [3.05, 3.63) is 69.5 Å². The third-order valence-electron chi connectivity index (χ3n) is 4.53. The van der Waals surface area contributed by atoms with E-state index in [2.05, 4.69) is 15.0 Å². The number of esters is 1. The minimum atomic E-state index is -0.888. The van der Waals surface area contributed by atoms with E-state index in [1.54, 1.807) is 6.07 Å². The lowest BCUT2D eigenvalue weighted by Crippen LogP contribution is -2.25. The van der Waals surface area contributed by atoms with Gasteiger partial charge in [0.1, 0.15) is 11.9 Å². The lowest BCUT2D eigenvalue weighted by atomic mass is 9.99. The maximum atomic E-state index is 14.5. The number of non-ortho nitro benzene ring substituents is 1. The van der Waals surface area contributed by atoms with E-state index in [0.717, 1.165) is 0 Å². The molecule has 1 amide bonds. The number of ether oxygens (including phenoxy) is 1. The predicted molar refractivity (Wildman–Crippen MR) is 103 cm³/mol. The molecule has 0 unspecified atom stereocenters. The van der Waals surface area contributed by atoms with Crippen LogP contribution in [0.4, 0.5) is 15.8 Å². The smallest absolute Gasteiger partial charge is 0.305 e. The van der Waals surface area contributed by atoms with E-state index < -0.39 is 28.7 Å². The number of benzodiazepines with no additional fused rings is 1. The molecule has 0 aromatic heterocycles. The largest absolute Gasteiger partial charge is 0.469 e. The lowest BCUT2D eigenvalue weighted by molar-refractivity contribution is -0.384. The summed E-state index contributed by atoms with van der Waals surface area (Å²) in [5.41, 5.74) is 0.629. The number of benzene rings is 2. The second-order valence-electron chi connectivity index (χ2n) is 6.42. The van der Waals surface area contributed by atoms with Crippen molar-refractivity contribution in [3.8, 4) is 0 Å². The van der Waals surface area contributed by atoms with Gasteiger partial charge in [0, 0.05) is 29.7 Å². The van der Waals surface area contributed by atoms with E-state index in [9.17, 15) is 24.1 Å². The zero-order valence-corrected chi connectivity index (χ0v) is 15.6. The molecule has 2 aromatic rings. The van der Waals surface area contributed by atoms with Gasteiger partial charge in [-0.25, -0.2) is 4.39 Å². The van der Waals surface area contributed by atoms with Crippen molar-refractivity contribution in [1.29, 1.82) is 0 Å². The molecule has 1 aliphatic rings. The molecule has 9 heteroatoms. The summed E-state index contributed by atoms with van der Waals surface area (Å²) in [5.74, 6) is -1.40. The number of nitrogens with zero attached hydrogens (tertiary/aromatic N) is 2. The van der Waals surface area contributed by atoms with E-state index >= 15 is 0 Å². The number of nitro benzene ring substituents is 1. The van der Waals surface area contributed by atoms with Gasteiger partial charge in [-0.3, -0.25) is 24.7 Å². The summed E-state index contributed by atoms with van der Waals surface area (Å²) in [6.45, 7) is 0. The van der Waals surface area contributed by atoms with Crippen molar-refractivity contribution in [2.45, 2.75) is 25.3 Å². The Balaban J connectivity index is 2.07. The topological polar surface area (TPSA) is 111 Å². The molecule has 0 aliphatic carbocycles. The zero-order chi connectivity index (χ0) is 21.0. The Morgan fingerprint density at radius 3 is 2.72 bits per heavy atom. The van der Waals surface area contributed by atoms with Crippen LogP contribution in [0.1, 0.15) is 30.4 Å². The third kappa shape index (κ3) is 4.45. The minimum absolute atomic E-state index is 0.114. The first-order valence-corrected chi connectivity index (χ1v) is 8.90. The Hall–Kier alpha value is -3.62. The second-order valence-corrected chi connectivity index (χ2v) is 6.42. The summed E-state index contributed by atoms with van der Waals surface area (Å²) < 4.78 is 19.1. The van der Waals surface area contributed by atoms with Crippen LogP contribution in [0.3, 0.4) is 0 Å². The first-order chi connectivity index (χ1) is 13.9. The zero-order valence-electron chi connectivity index (χ0n) is 15.6. The molecule has 1 aliphatic heterocycles. The average molecular weight is 399 g/mol. The number of hydrogen-bond donors (Lipinski definition) is 1. The summed E-state index contributed by atoms with van der Waals surface area (Å²) in [5, 5.41) is 13.9. The number of hydrogen-bond acceptors (Lipinski definition) is 6. The molecule has 8 nitrogen and oxygen atoms in total. The van der Waals surface area contributed by atoms with Gasteiger partial charge in [0.05, 0.1) is 23.4 Å². The van der Waals surface area contributed by atoms with E-state index in [-0.39, 0.29) is 35.4 Å². The second kappa shape index (κ2) is 8.59.